The number of hydrogen-bond donors (Lipinski definition) is 0. The van der Waals surface area contributed by atoms with Gasteiger partial charge < -0.3 is 0 Å². The van der Waals surface area contributed by atoms with Gasteiger partial charge in [-0.2, -0.15) is 0 Å². The molecule has 0 radical (unpaired) electrons. The first-order valence-corrected chi connectivity index (χ1v) is 17.1. The van der Waals surface area contributed by atoms with Gasteiger partial charge in [-0.3, -0.25) is 0 Å². The largest absolute Gasteiger partial charge is 0.0470 e. The Kier molecular flexibility index (Phi) is 17.0. The van der Waals surface area contributed by atoms with E-state index in [1.54, 1.807) is 62.8 Å². The topological polar surface area (TPSA) is 0 Å². The van der Waals surface area contributed by atoms with Crippen LogP contribution >= 0.6 is 14.1 Å². The molecule has 12 heteroatoms. The average molecular weight is 383 g/mol. The third-order valence-electron chi connectivity index (χ3n) is 0.264. The molecule has 0 aliphatic carbocycles. The van der Waals surface area contributed by atoms with Crippen molar-refractivity contribution in [3.63, 3.8) is 0 Å². The summed E-state index contributed by atoms with van der Waals surface area (Å²) in [5.74, 6) is 0. The molecule has 0 aromatic heterocycles. The molecule has 0 aliphatic heterocycles. The van der Waals surface area contributed by atoms with Crippen LogP contribution in [0, 0.1) is 0 Å². The molecule has 0 saturated carbocycles. The zero-order valence-electron chi connectivity index (χ0n) is 4.98. The van der Waals surface area contributed by atoms with Gasteiger partial charge in [-0.25, -0.2) is 0 Å². The molecule has 0 heterocycles. The van der Waals surface area contributed by atoms with Gasteiger partial charge in [0.15, 0.2) is 0 Å². The van der Waals surface area contributed by atoms with Crippen LogP contribution in [0.25, 0.3) is 0 Å². The molecule has 0 rings (SSSR count). The zero-order chi connectivity index (χ0) is 9.07. The Hall–Kier alpha value is 2.80. The van der Waals surface area contributed by atoms with Crippen LogP contribution in [-0.4, -0.2) is 0 Å². The Morgan fingerprint density at radius 2 is 1.42 bits per heavy atom. The first-order chi connectivity index (χ1) is 5.91. The molecule has 0 unspecified atom stereocenters. The summed E-state index contributed by atoms with van der Waals surface area (Å²) in [7, 11) is 15.8. The van der Waals surface area contributed by atoms with Crippen molar-refractivity contribution in [2.75, 3.05) is 0 Å². The quantitative estimate of drug-likeness (QED) is 0.633. The van der Waals surface area contributed by atoms with Gasteiger partial charge in [-0.15, -0.1) is 0 Å². The van der Waals surface area contributed by atoms with Crippen LogP contribution in [0.3, 0.4) is 0 Å². The Bertz CT molecular complexity index is 448. The first kappa shape index (κ1) is 14.8. The molecule has 0 amide bonds. The standard InChI is InChI=1S/P2S10/c3-1-2-5-7-9-11-12-10-8-6-4. The van der Waals surface area contributed by atoms with Gasteiger partial charge in [0, 0.05) is 14.1 Å². The van der Waals surface area contributed by atoms with E-state index in [1.165, 1.54) is 15.9 Å². The van der Waals surface area contributed by atoms with Crippen molar-refractivity contribution >= 4 is 109 Å². The van der Waals surface area contributed by atoms with Crippen molar-refractivity contribution in [3.8, 4) is 0 Å². The minimum atomic E-state index is 1.01. The lowest BCUT2D eigenvalue weighted by Gasteiger charge is -1.44. The van der Waals surface area contributed by atoms with E-state index < -0.39 is 0 Å². The van der Waals surface area contributed by atoms with Crippen LogP contribution in [0.1, 0.15) is 0 Å². The Morgan fingerprint density at radius 3 is 2.00 bits per heavy atom. The summed E-state index contributed by atoms with van der Waals surface area (Å²) >= 11 is 9.46. The van der Waals surface area contributed by atoms with Crippen LogP contribution < -0.4 is 0 Å². The highest BCUT2D eigenvalue weighted by molar-refractivity contribution is 8.73. The average Bonchev–Trinajstić information content (AvgIpc) is 2.10. The van der Waals surface area contributed by atoms with Gasteiger partial charge in [0.05, 0.1) is 0 Å². The van der Waals surface area contributed by atoms with E-state index in [9.17, 15) is 0 Å². The molecule has 12 heavy (non-hydrogen) atoms. The van der Waals surface area contributed by atoms with E-state index in [1.807, 2.05) is 0 Å². The molecule has 0 N–H and O–H groups in total. The summed E-state index contributed by atoms with van der Waals surface area (Å²) in [5.41, 5.74) is 0. The first-order valence-electron chi connectivity index (χ1n) is 1.90. The van der Waals surface area contributed by atoms with Crippen molar-refractivity contribution in [2.45, 2.75) is 0 Å². The highest BCUT2D eigenvalue weighted by Crippen LogP contribution is 2.12. The molecule has 0 nitrogen and oxygen atoms in total. The Labute approximate surface area is 107 Å². The molecule has 0 spiro atoms. The van der Waals surface area contributed by atoms with Crippen LogP contribution in [0.5, 0.6) is 0 Å². The predicted molar refractivity (Wildman–Crippen MR) is 87.5 cm³/mol. The molecule has 0 saturated heterocycles. The van der Waals surface area contributed by atoms with E-state index in [0.29, 0.717) is 0 Å². The van der Waals surface area contributed by atoms with Crippen LogP contribution in [-0.2, 0) is 94.7 Å². The molecule has 0 atom stereocenters. The molecule has 0 bridgehead atoms. The van der Waals surface area contributed by atoms with Crippen molar-refractivity contribution in [1.29, 1.82) is 0 Å². The van der Waals surface area contributed by atoms with Crippen molar-refractivity contribution in [1.82, 2.24) is 0 Å². The maximum Gasteiger partial charge on any atom is 0.0470 e. The summed E-state index contributed by atoms with van der Waals surface area (Å²) in [4.78, 5) is 0. The van der Waals surface area contributed by atoms with Gasteiger partial charge in [0.1, 0.15) is 0 Å². The predicted octanol–water partition coefficient (Wildman–Crippen LogP) is 1.70. The summed E-state index contributed by atoms with van der Waals surface area (Å²) in [6, 6.07) is 0. The summed E-state index contributed by atoms with van der Waals surface area (Å²) < 4.78 is 0. The second-order valence-electron chi connectivity index (χ2n) is 0.714. The summed E-state index contributed by atoms with van der Waals surface area (Å²) in [6.45, 7) is 0. The Balaban J connectivity index is 5.15. The SMILES string of the molecule is S=PP=S=S=S=S=S=S=S=S=S. The fraction of sp³-hybridized carbons (Fsp3) is 0. The maximum absolute atomic E-state index is 4.77. The van der Waals surface area contributed by atoms with Crippen LogP contribution in [0.2, 0.25) is 0 Å². The monoisotopic (exact) mass is 382 g/mol. The molecular formula is P2S10. The third kappa shape index (κ3) is 12.8. The van der Waals surface area contributed by atoms with Gasteiger partial charge >= 0.3 is 0 Å². The molecule has 70 valence electrons. The summed E-state index contributed by atoms with van der Waals surface area (Å²) in [6.07, 6.45) is 0. The normalized spacial score (nSPS) is 8.33. The highest BCUT2D eigenvalue weighted by Gasteiger charge is 1.48. The van der Waals surface area contributed by atoms with Crippen LogP contribution in [0.15, 0.2) is 0 Å². The molecular weight excluding hydrogens is 383 g/mol. The second-order valence-corrected chi connectivity index (χ2v) is 19.3. The fourth-order valence-corrected chi connectivity index (χ4v) is 23.4. The highest BCUT2D eigenvalue weighted by atomic mass is 33.4. The third-order valence-corrected chi connectivity index (χ3v) is 21.4. The lowest BCUT2D eigenvalue weighted by molar-refractivity contribution is 5.60. The van der Waals surface area contributed by atoms with E-state index in [-0.39, 0.29) is 0 Å². The second kappa shape index (κ2) is 13.8. The smallest absolute Gasteiger partial charge is 0.0464 e. The van der Waals surface area contributed by atoms with Crippen molar-refractivity contribution in [2.24, 2.45) is 0 Å². The number of hydrogen-bond acceptors (Lipinski definition) is 2. The van der Waals surface area contributed by atoms with E-state index in [2.05, 4.69) is 0 Å². The Morgan fingerprint density at radius 1 is 0.833 bits per heavy atom. The lowest BCUT2D eigenvalue weighted by Crippen LogP contribution is -1.36. The molecule has 0 aliphatic rings. The molecule has 0 aromatic rings. The molecule has 0 fully saturated rings. The minimum Gasteiger partial charge on any atom is -0.0464 e. The number of rotatable bonds is 1. The van der Waals surface area contributed by atoms with Crippen molar-refractivity contribution in [3.05, 3.63) is 0 Å². The van der Waals surface area contributed by atoms with Crippen LogP contribution in [0.4, 0.5) is 0 Å². The van der Waals surface area contributed by atoms with Crippen molar-refractivity contribution < 1.29 is 0 Å². The van der Waals surface area contributed by atoms with Gasteiger partial charge in [0.25, 0.3) is 0 Å². The van der Waals surface area contributed by atoms with Gasteiger partial charge in [-0.1, -0.05) is 0 Å². The van der Waals surface area contributed by atoms with Gasteiger partial charge in [-0.05, 0) is 94.7 Å². The maximum atomic E-state index is 4.77. The van der Waals surface area contributed by atoms with Gasteiger partial charge in [0.2, 0.25) is 0 Å². The zero-order valence-corrected chi connectivity index (χ0v) is 14.9. The van der Waals surface area contributed by atoms with E-state index >= 15 is 0 Å². The lowest BCUT2D eigenvalue weighted by atomic mass is 29.7. The van der Waals surface area contributed by atoms with E-state index in [4.69, 9.17) is 23.0 Å². The minimum absolute atomic E-state index is 1.01. The molecule has 0 aromatic carbocycles. The van der Waals surface area contributed by atoms with E-state index in [0.717, 1.165) is 7.04 Å². The fourth-order valence-electron chi connectivity index (χ4n) is 0.0963. The summed E-state index contributed by atoms with van der Waals surface area (Å²) in [5, 5.41) is 0.